The van der Waals surface area contributed by atoms with Crippen LogP contribution >= 0.6 is 0 Å². The van der Waals surface area contributed by atoms with Gasteiger partial charge < -0.3 is 11.1 Å². The summed E-state index contributed by atoms with van der Waals surface area (Å²) in [6, 6.07) is 0. The molecule has 0 fully saturated rings. The van der Waals surface area contributed by atoms with Crippen molar-refractivity contribution in [2.75, 3.05) is 18.4 Å². The first-order chi connectivity index (χ1) is 7.44. The van der Waals surface area contributed by atoms with Gasteiger partial charge in [0.15, 0.2) is 0 Å². The number of anilines is 1. The highest BCUT2D eigenvalue weighted by Crippen LogP contribution is 2.19. The van der Waals surface area contributed by atoms with Crippen LogP contribution in [0.25, 0.3) is 0 Å². The molecular weight excluding hydrogens is 200 g/mol. The van der Waals surface area contributed by atoms with E-state index in [1.54, 1.807) is 6.20 Å². The number of nitrogens with one attached hydrogen (secondary N) is 1. The van der Waals surface area contributed by atoms with Crippen molar-refractivity contribution in [1.29, 1.82) is 0 Å². The van der Waals surface area contributed by atoms with Crippen molar-refractivity contribution < 1.29 is 0 Å². The van der Waals surface area contributed by atoms with Gasteiger partial charge in [0.25, 0.3) is 0 Å². The van der Waals surface area contributed by atoms with E-state index in [2.05, 4.69) is 29.1 Å². The molecule has 16 heavy (non-hydrogen) atoms. The Bertz CT molecular complexity index is 347. The molecule has 0 radical (unpaired) electrons. The fourth-order valence-electron chi connectivity index (χ4n) is 1.44. The Labute approximate surface area is 97.7 Å². The van der Waals surface area contributed by atoms with E-state index in [1.807, 2.05) is 13.8 Å². The van der Waals surface area contributed by atoms with Gasteiger partial charge in [-0.05, 0) is 32.2 Å². The zero-order chi connectivity index (χ0) is 12.2. The molecule has 90 valence electrons. The van der Waals surface area contributed by atoms with E-state index < -0.39 is 0 Å². The van der Waals surface area contributed by atoms with E-state index in [0.29, 0.717) is 6.54 Å². The monoisotopic (exact) mass is 222 g/mol. The third-order valence-corrected chi connectivity index (χ3v) is 2.76. The van der Waals surface area contributed by atoms with Crippen molar-refractivity contribution in [3.8, 4) is 0 Å². The van der Waals surface area contributed by atoms with Gasteiger partial charge in [0.1, 0.15) is 5.82 Å². The molecule has 1 heterocycles. The first kappa shape index (κ1) is 12.9. The number of nitrogens with two attached hydrogens (primary N) is 1. The van der Waals surface area contributed by atoms with Crippen molar-refractivity contribution in [3.63, 3.8) is 0 Å². The largest absolute Gasteiger partial charge is 0.368 e. The third-order valence-electron chi connectivity index (χ3n) is 2.76. The molecule has 1 aromatic heterocycles. The second-order valence-corrected chi connectivity index (χ2v) is 4.98. The fourth-order valence-corrected chi connectivity index (χ4v) is 1.44. The summed E-state index contributed by atoms with van der Waals surface area (Å²) in [6.07, 6.45) is 2.78. The molecular formula is C12H22N4. The number of aromatic nitrogens is 2. The first-order valence-corrected chi connectivity index (χ1v) is 5.69. The molecule has 0 aliphatic carbocycles. The lowest BCUT2D eigenvalue weighted by molar-refractivity contribution is 0.365. The van der Waals surface area contributed by atoms with Gasteiger partial charge in [0.05, 0.1) is 17.6 Å². The zero-order valence-corrected chi connectivity index (χ0v) is 10.7. The van der Waals surface area contributed by atoms with Crippen molar-refractivity contribution in [2.24, 2.45) is 11.1 Å². The number of nitrogens with zero attached hydrogens (tertiary/aromatic N) is 2. The summed E-state index contributed by atoms with van der Waals surface area (Å²) in [7, 11) is 0. The number of hydrogen-bond donors (Lipinski definition) is 2. The fraction of sp³-hybridized carbons (Fsp3) is 0.667. The average Bonchev–Trinajstić information content (AvgIpc) is 2.20. The average molecular weight is 222 g/mol. The van der Waals surface area contributed by atoms with Crippen LogP contribution in [0.3, 0.4) is 0 Å². The van der Waals surface area contributed by atoms with Crippen molar-refractivity contribution in [3.05, 3.63) is 17.6 Å². The van der Waals surface area contributed by atoms with Gasteiger partial charge in [0, 0.05) is 6.54 Å². The lowest BCUT2D eigenvalue weighted by Gasteiger charge is -2.24. The minimum atomic E-state index is 0.190. The molecule has 0 amide bonds. The molecule has 0 spiro atoms. The van der Waals surface area contributed by atoms with Gasteiger partial charge in [0.2, 0.25) is 0 Å². The summed E-state index contributed by atoms with van der Waals surface area (Å²) in [4.78, 5) is 8.71. The van der Waals surface area contributed by atoms with E-state index >= 15 is 0 Å². The second kappa shape index (κ2) is 5.25. The van der Waals surface area contributed by atoms with E-state index in [0.717, 1.165) is 30.2 Å². The molecule has 0 atom stereocenters. The van der Waals surface area contributed by atoms with Gasteiger partial charge in [-0.3, -0.25) is 4.98 Å². The van der Waals surface area contributed by atoms with Crippen molar-refractivity contribution in [1.82, 2.24) is 9.97 Å². The Balaban J connectivity index is 2.57. The number of aryl methyl sites for hydroxylation is 2. The Morgan fingerprint density at radius 3 is 2.56 bits per heavy atom. The van der Waals surface area contributed by atoms with Gasteiger partial charge in [-0.2, -0.15) is 0 Å². The topological polar surface area (TPSA) is 63.8 Å². The van der Waals surface area contributed by atoms with Crippen LogP contribution in [0.15, 0.2) is 6.20 Å². The minimum Gasteiger partial charge on any atom is -0.368 e. The highest BCUT2D eigenvalue weighted by molar-refractivity contribution is 5.33. The smallest absolute Gasteiger partial charge is 0.144 e. The normalized spacial score (nSPS) is 11.6. The van der Waals surface area contributed by atoms with E-state index in [-0.39, 0.29) is 5.41 Å². The van der Waals surface area contributed by atoms with Gasteiger partial charge in [-0.1, -0.05) is 13.8 Å². The van der Waals surface area contributed by atoms with Gasteiger partial charge >= 0.3 is 0 Å². The molecule has 0 saturated heterocycles. The molecule has 1 rings (SSSR count). The van der Waals surface area contributed by atoms with Crippen LogP contribution in [0.4, 0.5) is 5.82 Å². The molecule has 0 saturated carbocycles. The zero-order valence-electron chi connectivity index (χ0n) is 10.7. The van der Waals surface area contributed by atoms with Crippen LogP contribution in [-0.4, -0.2) is 23.1 Å². The van der Waals surface area contributed by atoms with Crippen molar-refractivity contribution >= 4 is 5.82 Å². The molecule has 4 nitrogen and oxygen atoms in total. The SMILES string of the molecule is Cc1ncc(NCC(C)(C)CCN)nc1C. The van der Waals surface area contributed by atoms with Gasteiger partial charge in [-0.15, -0.1) is 0 Å². The maximum atomic E-state index is 5.57. The molecule has 1 aromatic rings. The second-order valence-electron chi connectivity index (χ2n) is 4.98. The maximum Gasteiger partial charge on any atom is 0.144 e. The van der Waals surface area contributed by atoms with E-state index in [9.17, 15) is 0 Å². The van der Waals surface area contributed by atoms with Crippen LogP contribution in [0.5, 0.6) is 0 Å². The Morgan fingerprint density at radius 2 is 2.00 bits per heavy atom. The Kier molecular flexibility index (Phi) is 4.24. The highest BCUT2D eigenvalue weighted by Gasteiger charge is 2.16. The number of rotatable bonds is 5. The third kappa shape index (κ3) is 3.77. The summed E-state index contributed by atoms with van der Waals surface area (Å²) >= 11 is 0. The van der Waals surface area contributed by atoms with Gasteiger partial charge in [-0.25, -0.2) is 4.98 Å². The molecule has 0 aliphatic heterocycles. The van der Waals surface area contributed by atoms with E-state index in [1.165, 1.54) is 0 Å². The quantitative estimate of drug-likeness (QED) is 0.798. The van der Waals surface area contributed by atoms with Crippen LogP contribution in [0.2, 0.25) is 0 Å². The molecule has 4 heteroatoms. The summed E-state index contributed by atoms with van der Waals surface area (Å²) < 4.78 is 0. The van der Waals surface area contributed by atoms with Crippen LogP contribution in [-0.2, 0) is 0 Å². The Morgan fingerprint density at radius 1 is 1.31 bits per heavy atom. The van der Waals surface area contributed by atoms with Crippen LogP contribution in [0, 0.1) is 19.3 Å². The summed E-state index contributed by atoms with van der Waals surface area (Å²) in [5, 5.41) is 3.31. The lowest BCUT2D eigenvalue weighted by atomic mass is 9.89. The summed E-state index contributed by atoms with van der Waals surface area (Å²) in [6.45, 7) is 9.90. The Hall–Kier alpha value is -1.16. The minimum absolute atomic E-state index is 0.190. The first-order valence-electron chi connectivity index (χ1n) is 5.69. The van der Waals surface area contributed by atoms with Crippen molar-refractivity contribution in [2.45, 2.75) is 34.1 Å². The lowest BCUT2D eigenvalue weighted by Crippen LogP contribution is -2.26. The predicted molar refractivity (Wildman–Crippen MR) is 67.4 cm³/mol. The molecule has 3 N–H and O–H groups in total. The molecule has 0 aliphatic rings. The number of hydrogen-bond acceptors (Lipinski definition) is 4. The summed E-state index contributed by atoms with van der Waals surface area (Å²) in [5.74, 6) is 0.841. The maximum absolute atomic E-state index is 5.57. The standard InChI is InChI=1S/C12H22N4/c1-9-10(2)16-11(7-14-9)15-8-12(3,4)5-6-13/h7H,5-6,8,13H2,1-4H3,(H,15,16). The van der Waals surface area contributed by atoms with Crippen LogP contribution in [0.1, 0.15) is 31.7 Å². The molecule has 0 bridgehead atoms. The molecule has 0 aromatic carbocycles. The highest BCUT2D eigenvalue weighted by atomic mass is 15.0. The van der Waals surface area contributed by atoms with Crippen LogP contribution < -0.4 is 11.1 Å². The predicted octanol–water partition coefficient (Wildman–Crippen LogP) is 1.88. The molecule has 0 unspecified atom stereocenters. The van der Waals surface area contributed by atoms with E-state index in [4.69, 9.17) is 5.73 Å². The summed E-state index contributed by atoms with van der Waals surface area (Å²) in [5.41, 5.74) is 7.71.